The minimum atomic E-state index is -0.653. The number of carbonyl (C=O) groups excluding carboxylic acids is 3. The van der Waals surface area contributed by atoms with Gasteiger partial charge in [-0.2, -0.15) is 0 Å². The summed E-state index contributed by atoms with van der Waals surface area (Å²) in [5.74, 6) is -2.24. The first-order chi connectivity index (χ1) is 27.2. The number of amides is 3. The van der Waals surface area contributed by atoms with Crippen LogP contribution in [0.25, 0.3) is 0 Å². The van der Waals surface area contributed by atoms with Gasteiger partial charge in [-0.15, -0.1) is 0 Å². The number of nitrogens with two attached hydrogens (primary N) is 3. The maximum Gasteiger partial charge on any atom is 0.291 e. The molecular weight excluding hydrogens is 744 g/mol. The van der Waals surface area contributed by atoms with Gasteiger partial charge in [-0.05, 0) is 11.1 Å². The van der Waals surface area contributed by atoms with Gasteiger partial charge in [0.2, 0.25) is 39.8 Å². The second-order valence-electron chi connectivity index (χ2n) is 11.5. The fourth-order valence-corrected chi connectivity index (χ4v) is 4.50. The number of aliphatic hydroxyl groups excluding tert-OH is 1. The third-order valence-electron chi connectivity index (χ3n) is 7.14. The second kappa shape index (κ2) is 26.8. The molecule has 0 radical (unpaired) electrons. The average molecular weight is 797 g/mol. The molecule has 18 nitrogen and oxygen atoms in total. The van der Waals surface area contributed by atoms with E-state index in [1.165, 1.54) is 6.07 Å². The van der Waals surface area contributed by atoms with E-state index >= 15 is 0 Å². The molecule has 10 N–H and O–H groups in total. The largest absolute Gasteiger partial charge is 0.481 e. The van der Waals surface area contributed by atoms with Crippen LogP contribution in [0, 0.1) is 0 Å². The van der Waals surface area contributed by atoms with Gasteiger partial charge in [0.05, 0.1) is 39.5 Å². The average Bonchev–Trinajstić information content (AvgIpc) is 3.22. The van der Waals surface area contributed by atoms with E-state index in [0.717, 1.165) is 17.2 Å². The van der Waals surface area contributed by atoms with E-state index in [-0.39, 0.29) is 127 Å². The van der Waals surface area contributed by atoms with Gasteiger partial charge in [0.15, 0.2) is 0 Å². The van der Waals surface area contributed by atoms with Crippen molar-refractivity contribution >= 4 is 17.7 Å². The van der Waals surface area contributed by atoms with Gasteiger partial charge in [-0.3, -0.25) is 24.0 Å². The summed E-state index contributed by atoms with van der Waals surface area (Å²) < 4.78 is 32.2. The monoisotopic (exact) mass is 796 g/mol. The van der Waals surface area contributed by atoms with Crippen LogP contribution in [0.3, 0.4) is 0 Å². The lowest BCUT2D eigenvalue weighted by atomic mass is 10.2. The summed E-state index contributed by atoms with van der Waals surface area (Å²) in [6.45, 7) is 1.31. The number of ether oxygens (including phenoxy) is 4. The van der Waals surface area contributed by atoms with Crippen LogP contribution in [0.2, 0.25) is 0 Å². The Labute approximate surface area is 329 Å². The maximum atomic E-state index is 12.6. The summed E-state index contributed by atoms with van der Waals surface area (Å²) in [6.07, 6.45) is 0. The molecule has 0 aliphatic rings. The molecule has 0 saturated carbocycles. The lowest BCUT2D eigenvalue weighted by Gasteiger charge is -2.12. The molecule has 0 aliphatic carbocycles. The van der Waals surface area contributed by atoms with Gasteiger partial charge in [0.25, 0.3) is 11.8 Å². The molecule has 0 saturated heterocycles. The predicted octanol–water partition coefficient (Wildman–Crippen LogP) is 0.551. The number of hydrogen-bond donors (Lipinski definition) is 7. The van der Waals surface area contributed by atoms with E-state index in [1.807, 2.05) is 60.7 Å². The van der Waals surface area contributed by atoms with Gasteiger partial charge < -0.3 is 66.0 Å². The number of nitrogens with one attached hydrogen (secondary N) is 3. The van der Waals surface area contributed by atoms with Crippen LogP contribution in [-0.4, -0.2) is 82.0 Å². The summed E-state index contributed by atoms with van der Waals surface area (Å²) >= 11 is 0. The van der Waals surface area contributed by atoms with E-state index in [4.69, 9.17) is 50.1 Å². The van der Waals surface area contributed by atoms with Crippen molar-refractivity contribution in [2.75, 3.05) is 59.2 Å². The van der Waals surface area contributed by atoms with Gasteiger partial charge >= 0.3 is 0 Å². The lowest BCUT2D eigenvalue weighted by molar-refractivity contribution is -0.126. The van der Waals surface area contributed by atoms with E-state index in [2.05, 4.69) is 16.0 Å². The maximum absolute atomic E-state index is 12.6. The number of benzene rings is 2. The van der Waals surface area contributed by atoms with Gasteiger partial charge in [-0.1, -0.05) is 68.1 Å². The van der Waals surface area contributed by atoms with Crippen molar-refractivity contribution < 1.29 is 47.3 Å². The first-order valence-corrected chi connectivity index (χ1v) is 17.6. The Bertz CT molecular complexity index is 1920. The Morgan fingerprint density at radius 2 is 1.12 bits per heavy atom. The van der Waals surface area contributed by atoms with Gasteiger partial charge in [0, 0.05) is 38.3 Å². The molecule has 2 aromatic heterocycles. The highest BCUT2D eigenvalue weighted by atomic mass is 16.5. The van der Waals surface area contributed by atoms with Crippen LogP contribution < -0.4 is 53.5 Å². The van der Waals surface area contributed by atoms with E-state index < -0.39 is 28.6 Å². The standard InChI is InChI=1S/C22H29N3O8.C16H19N3O4.CH4/c23-6-7-24-22(29)21-20(32-14-16-4-2-1-3-5-16)18(27)12-17(33-21)13-25-19(28)15-31-11-10-30-9-8-26;17-6-7-19-16(21)15-14(13(20)8-12(9-18)23-15)22-10-11-4-2-1-3-5-11;/h1-5,12,26H,6-11,13-15,23H2,(H,24,29)(H,25,28);1-5,8H,6-7,9-10,17-18H2,(H,19,21);1H4. The van der Waals surface area contributed by atoms with Crippen LogP contribution in [0.15, 0.2) is 91.2 Å². The SMILES string of the molecule is C.NCCNC(=O)c1oc(CN)cc(=O)c1OCc1ccccc1.NCCNC(=O)c1oc(CNC(=O)COCCOCCO)cc(=O)c1OCc1ccccc1. The number of rotatable bonds is 22. The van der Waals surface area contributed by atoms with E-state index in [1.54, 1.807) is 0 Å². The lowest BCUT2D eigenvalue weighted by Crippen LogP contribution is -2.31. The first-order valence-electron chi connectivity index (χ1n) is 17.6. The highest BCUT2D eigenvalue weighted by molar-refractivity contribution is 5.94. The molecule has 310 valence electrons. The minimum Gasteiger partial charge on any atom is -0.481 e. The van der Waals surface area contributed by atoms with Crippen molar-refractivity contribution in [3.05, 3.63) is 127 Å². The molecule has 2 heterocycles. The predicted molar refractivity (Wildman–Crippen MR) is 209 cm³/mol. The van der Waals surface area contributed by atoms with Crippen molar-refractivity contribution in [3.63, 3.8) is 0 Å². The van der Waals surface area contributed by atoms with Crippen molar-refractivity contribution in [2.45, 2.75) is 33.7 Å². The fourth-order valence-electron chi connectivity index (χ4n) is 4.50. The molecule has 57 heavy (non-hydrogen) atoms. The van der Waals surface area contributed by atoms with Crippen LogP contribution >= 0.6 is 0 Å². The molecule has 2 aromatic carbocycles. The minimum absolute atomic E-state index is 0. The highest BCUT2D eigenvalue weighted by Gasteiger charge is 2.22. The summed E-state index contributed by atoms with van der Waals surface area (Å²) in [5.41, 5.74) is 16.9. The topological polar surface area (TPSA) is 283 Å². The Balaban J connectivity index is 0.000000410. The fraction of sp³-hybridized carbons (Fsp3) is 0.359. The Morgan fingerprint density at radius 1 is 0.649 bits per heavy atom. The first kappa shape index (κ1) is 47.3. The molecular formula is C39H52N6O12. The zero-order valence-electron chi connectivity index (χ0n) is 30.8. The summed E-state index contributed by atoms with van der Waals surface area (Å²) in [5, 5.41) is 16.2. The Hall–Kier alpha value is -5.89. The van der Waals surface area contributed by atoms with Crippen molar-refractivity contribution in [2.24, 2.45) is 17.2 Å². The highest BCUT2D eigenvalue weighted by Crippen LogP contribution is 2.19. The van der Waals surface area contributed by atoms with Crippen LogP contribution in [-0.2, 0) is 40.6 Å². The van der Waals surface area contributed by atoms with Crippen molar-refractivity contribution in [1.29, 1.82) is 0 Å². The van der Waals surface area contributed by atoms with Crippen LogP contribution in [0.1, 0.15) is 51.2 Å². The third-order valence-corrected chi connectivity index (χ3v) is 7.14. The molecule has 0 unspecified atom stereocenters. The molecule has 0 fully saturated rings. The summed E-state index contributed by atoms with van der Waals surface area (Å²) in [7, 11) is 0. The molecule has 4 aromatic rings. The molecule has 4 rings (SSSR count). The number of hydrogen-bond acceptors (Lipinski definition) is 15. The van der Waals surface area contributed by atoms with E-state index in [0.29, 0.717) is 0 Å². The van der Waals surface area contributed by atoms with Gasteiger partial charge in [-0.25, -0.2) is 0 Å². The van der Waals surface area contributed by atoms with Crippen LogP contribution in [0.4, 0.5) is 0 Å². The number of aliphatic hydroxyl groups is 1. The molecule has 0 atom stereocenters. The van der Waals surface area contributed by atoms with Gasteiger partial charge in [0.1, 0.15) is 31.3 Å². The number of carbonyl (C=O) groups is 3. The second-order valence-corrected chi connectivity index (χ2v) is 11.5. The van der Waals surface area contributed by atoms with Crippen LogP contribution in [0.5, 0.6) is 11.5 Å². The smallest absolute Gasteiger partial charge is 0.291 e. The molecule has 18 heteroatoms. The normalized spacial score (nSPS) is 10.3. The quantitative estimate of drug-likeness (QED) is 0.0535. The molecule has 0 aliphatic heterocycles. The Kier molecular flexibility index (Phi) is 22.2. The zero-order valence-corrected chi connectivity index (χ0v) is 30.8. The third kappa shape index (κ3) is 16.8. The molecule has 0 spiro atoms. The molecule has 0 bridgehead atoms. The summed E-state index contributed by atoms with van der Waals surface area (Å²) in [4.78, 5) is 61.4. The van der Waals surface area contributed by atoms with E-state index in [9.17, 15) is 24.0 Å². The van der Waals surface area contributed by atoms with Crippen molar-refractivity contribution in [1.82, 2.24) is 16.0 Å². The molecule has 3 amide bonds. The summed E-state index contributed by atoms with van der Waals surface area (Å²) in [6, 6.07) is 20.8. The van der Waals surface area contributed by atoms with Crippen molar-refractivity contribution in [3.8, 4) is 11.5 Å². The zero-order chi connectivity index (χ0) is 40.5. The Morgan fingerprint density at radius 3 is 1.60 bits per heavy atom.